The van der Waals surface area contributed by atoms with E-state index < -0.39 is 6.10 Å². The minimum atomic E-state index is -0.500. The van der Waals surface area contributed by atoms with Crippen molar-refractivity contribution in [2.75, 3.05) is 14.1 Å². The van der Waals surface area contributed by atoms with Gasteiger partial charge in [-0.15, -0.1) is 0 Å². The number of carbonyl (C=O) groups is 1. The molecule has 0 heterocycles. The second-order valence-electron chi connectivity index (χ2n) is 4.43. The topological polar surface area (TPSA) is 50.4 Å². The van der Waals surface area contributed by atoms with Crippen molar-refractivity contribution in [1.82, 2.24) is 10.6 Å². The zero-order chi connectivity index (χ0) is 13.7. The first-order valence-electron chi connectivity index (χ1n) is 6.15. The molecule has 4 nitrogen and oxygen atoms in total. The molecule has 0 aliphatic rings. The minimum absolute atomic E-state index is 0.125. The highest BCUT2D eigenvalue weighted by molar-refractivity contribution is 5.80. The Kier molecular flexibility index (Phi) is 5.16. The Hall–Kier alpha value is -1.55. The maximum absolute atomic E-state index is 11.5. The van der Waals surface area contributed by atoms with Crippen LogP contribution in [0.5, 0.6) is 5.75 Å². The first-order chi connectivity index (χ1) is 8.49. The van der Waals surface area contributed by atoms with Crippen molar-refractivity contribution in [2.45, 2.75) is 32.9 Å². The molecule has 0 aliphatic carbocycles. The van der Waals surface area contributed by atoms with Crippen molar-refractivity contribution in [3.05, 3.63) is 29.3 Å². The molecule has 2 N–H and O–H groups in total. The molecule has 18 heavy (non-hydrogen) atoms. The van der Waals surface area contributed by atoms with E-state index in [0.29, 0.717) is 0 Å². The summed E-state index contributed by atoms with van der Waals surface area (Å²) in [5.41, 5.74) is 2.17. The fraction of sp³-hybridized carbons (Fsp3) is 0.500. The first kappa shape index (κ1) is 14.5. The van der Waals surface area contributed by atoms with Gasteiger partial charge < -0.3 is 15.4 Å². The Bertz CT molecular complexity index is 418. The smallest absolute Gasteiger partial charge is 0.260 e. The van der Waals surface area contributed by atoms with E-state index in [1.807, 2.05) is 32.2 Å². The number of rotatable bonds is 5. The molecule has 0 spiro atoms. The van der Waals surface area contributed by atoms with Crippen LogP contribution in [0, 0.1) is 6.92 Å². The lowest BCUT2D eigenvalue weighted by Crippen LogP contribution is -2.34. The van der Waals surface area contributed by atoms with Gasteiger partial charge in [-0.3, -0.25) is 4.79 Å². The average molecular weight is 250 g/mol. The Morgan fingerprint density at radius 1 is 1.28 bits per heavy atom. The summed E-state index contributed by atoms with van der Waals surface area (Å²) < 4.78 is 5.75. The van der Waals surface area contributed by atoms with Crippen LogP contribution in [0.3, 0.4) is 0 Å². The number of likely N-dealkylation sites (N-methyl/N-ethyl adjacent to an activating group) is 1. The van der Waals surface area contributed by atoms with Gasteiger partial charge in [0.05, 0.1) is 0 Å². The van der Waals surface area contributed by atoms with Crippen LogP contribution in [-0.4, -0.2) is 26.1 Å². The van der Waals surface area contributed by atoms with Crippen LogP contribution in [-0.2, 0) is 4.79 Å². The van der Waals surface area contributed by atoms with Crippen molar-refractivity contribution < 1.29 is 9.53 Å². The number of benzene rings is 1. The van der Waals surface area contributed by atoms with Crippen LogP contribution in [0.1, 0.15) is 31.0 Å². The maximum Gasteiger partial charge on any atom is 0.260 e. The largest absolute Gasteiger partial charge is 0.481 e. The number of aryl methyl sites for hydroxylation is 1. The van der Waals surface area contributed by atoms with Gasteiger partial charge in [-0.05, 0) is 39.4 Å². The molecule has 0 fully saturated rings. The van der Waals surface area contributed by atoms with Crippen LogP contribution < -0.4 is 15.4 Å². The second-order valence-corrected chi connectivity index (χ2v) is 4.43. The summed E-state index contributed by atoms with van der Waals surface area (Å²) in [4.78, 5) is 11.5. The highest BCUT2D eigenvalue weighted by atomic mass is 16.5. The molecule has 0 bridgehead atoms. The van der Waals surface area contributed by atoms with Crippen molar-refractivity contribution in [3.63, 3.8) is 0 Å². The fourth-order valence-electron chi connectivity index (χ4n) is 1.70. The summed E-state index contributed by atoms with van der Waals surface area (Å²) >= 11 is 0. The molecule has 1 rings (SSSR count). The predicted molar refractivity (Wildman–Crippen MR) is 72.8 cm³/mol. The Balaban J connectivity index is 2.98. The lowest BCUT2D eigenvalue weighted by atomic mass is 10.1. The monoisotopic (exact) mass is 250 g/mol. The number of hydrogen-bond donors (Lipinski definition) is 2. The SMILES string of the molecule is CNC(=O)C(C)Oc1cc(C)ccc1C(C)NC. The van der Waals surface area contributed by atoms with Gasteiger partial charge in [0.2, 0.25) is 0 Å². The van der Waals surface area contributed by atoms with Gasteiger partial charge in [-0.1, -0.05) is 12.1 Å². The Morgan fingerprint density at radius 2 is 1.94 bits per heavy atom. The fourth-order valence-corrected chi connectivity index (χ4v) is 1.70. The standard InChI is InChI=1S/C14H22N2O2/c1-9-6-7-12(10(2)15-4)13(8-9)18-11(3)14(17)16-5/h6-8,10-11,15H,1-5H3,(H,16,17). The van der Waals surface area contributed by atoms with Crippen LogP contribution in [0.25, 0.3) is 0 Å². The van der Waals surface area contributed by atoms with E-state index in [9.17, 15) is 4.79 Å². The Morgan fingerprint density at radius 3 is 2.50 bits per heavy atom. The number of nitrogens with one attached hydrogen (secondary N) is 2. The maximum atomic E-state index is 11.5. The zero-order valence-electron chi connectivity index (χ0n) is 11.7. The number of hydrogen-bond acceptors (Lipinski definition) is 3. The van der Waals surface area contributed by atoms with Gasteiger partial charge in [0.15, 0.2) is 6.10 Å². The van der Waals surface area contributed by atoms with Gasteiger partial charge in [0.1, 0.15) is 5.75 Å². The number of ether oxygens (including phenoxy) is 1. The van der Waals surface area contributed by atoms with Crippen LogP contribution >= 0.6 is 0 Å². The van der Waals surface area contributed by atoms with Crippen LogP contribution in [0.4, 0.5) is 0 Å². The highest BCUT2D eigenvalue weighted by Crippen LogP contribution is 2.27. The van der Waals surface area contributed by atoms with Crippen LogP contribution in [0.2, 0.25) is 0 Å². The molecule has 2 unspecified atom stereocenters. The van der Waals surface area contributed by atoms with Gasteiger partial charge in [0, 0.05) is 18.7 Å². The molecule has 0 aliphatic heterocycles. The molecular formula is C14H22N2O2. The summed E-state index contributed by atoms with van der Waals surface area (Å²) in [5, 5.41) is 5.76. The van der Waals surface area contributed by atoms with E-state index in [-0.39, 0.29) is 11.9 Å². The summed E-state index contributed by atoms with van der Waals surface area (Å²) in [5.74, 6) is 0.632. The lowest BCUT2D eigenvalue weighted by Gasteiger charge is -2.20. The summed E-state index contributed by atoms with van der Waals surface area (Å²) in [6.07, 6.45) is -0.500. The third-order valence-corrected chi connectivity index (χ3v) is 2.99. The van der Waals surface area contributed by atoms with E-state index >= 15 is 0 Å². The summed E-state index contributed by atoms with van der Waals surface area (Å²) in [6, 6.07) is 6.21. The Labute approximate surface area is 109 Å². The third kappa shape index (κ3) is 3.47. The predicted octanol–water partition coefficient (Wildman–Crippen LogP) is 1.79. The molecule has 1 aromatic rings. The van der Waals surface area contributed by atoms with Crippen molar-refractivity contribution in [3.8, 4) is 5.75 Å². The molecule has 0 saturated heterocycles. The van der Waals surface area contributed by atoms with Crippen molar-refractivity contribution in [2.24, 2.45) is 0 Å². The molecule has 1 aromatic carbocycles. The molecule has 0 saturated carbocycles. The van der Waals surface area contributed by atoms with E-state index in [1.54, 1.807) is 14.0 Å². The van der Waals surface area contributed by atoms with E-state index in [4.69, 9.17) is 4.74 Å². The molecule has 2 atom stereocenters. The van der Waals surface area contributed by atoms with Crippen LogP contribution in [0.15, 0.2) is 18.2 Å². The second kappa shape index (κ2) is 6.40. The van der Waals surface area contributed by atoms with Gasteiger partial charge in [-0.2, -0.15) is 0 Å². The van der Waals surface area contributed by atoms with E-state index in [1.165, 1.54) is 0 Å². The summed E-state index contributed by atoms with van der Waals surface area (Å²) in [7, 11) is 3.51. The molecule has 4 heteroatoms. The summed E-state index contributed by atoms with van der Waals surface area (Å²) in [6.45, 7) is 5.81. The van der Waals surface area contributed by atoms with E-state index in [0.717, 1.165) is 16.9 Å². The zero-order valence-corrected chi connectivity index (χ0v) is 11.7. The molecule has 0 aromatic heterocycles. The lowest BCUT2D eigenvalue weighted by molar-refractivity contribution is -0.126. The normalized spacial score (nSPS) is 13.8. The quantitative estimate of drug-likeness (QED) is 0.837. The highest BCUT2D eigenvalue weighted by Gasteiger charge is 2.17. The van der Waals surface area contributed by atoms with E-state index in [2.05, 4.69) is 17.6 Å². The molecule has 0 radical (unpaired) electrons. The third-order valence-electron chi connectivity index (χ3n) is 2.99. The average Bonchev–Trinajstić information content (AvgIpc) is 2.37. The van der Waals surface area contributed by atoms with Crippen molar-refractivity contribution >= 4 is 5.91 Å². The van der Waals surface area contributed by atoms with Gasteiger partial charge >= 0.3 is 0 Å². The van der Waals surface area contributed by atoms with Gasteiger partial charge in [0.25, 0.3) is 5.91 Å². The number of amides is 1. The first-order valence-corrected chi connectivity index (χ1v) is 6.15. The van der Waals surface area contributed by atoms with Gasteiger partial charge in [-0.25, -0.2) is 0 Å². The number of carbonyl (C=O) groups excluding carboxylic acids is 1. The molecular weight excluding hydrogens is 228 g/mol. The minimum Gasteiger partial charge on any atom is -0.481 e. The molecule has 100 valence electrons. The van der Waals surface area contributed by atoms with Crippen molar-refractivity contribution in [1.29, 1.82) is 0 Å². The molecule has 1 amide bonds.